The second-order valence-electron chi connectivity index (χ2n) is 6.61. The predicted molar refractivity (Wildman–Crippen MR) is 101 cm³/mol. The van der Waals surface area contributed by atoms with Gasteiger partial charge in [0.05, 0.1) is 19.5 Å². The molecule has 0 N–H and O–H groups in total. The summed E-state index contributed by atoms with van der Waals surface area (Å²) in [7, 11) is 1.49. The lowest BCUT2D eigenvalue weighted by Crippen LogP contribution is -2.37. The fourth-order valence-corrected chi connectivity index (χ4v) is 3.39. The number of rotatable bonds is 4. The summed E-state index contributed by atoms with van der Waals surface area (Å²) in [5.41, 5.74) is 3.18. The molecule has 0 bridgehead atoms. The van der Waals surface area contributed by atoms with E-state index in [9.17, 15) is 9.18 Å². The first-order valence-electron chi connectivity index (χ1n) is 8.85. The number of nitrogens with zero attached hydrogens (tertiary/aromatic N) is 3. The number of ether oxygens (including phenoxy) is 1. The molecule has 0 atom stereocenters. The summed E-state index contributed by atoms with van der Waals surface area (Å²) in [6.45, 7) is 2.00. The van der Waals surface area contributed by atoms with Crippen molar-refractivity contribution < 1.29 is 9.13 Å². The highest BCUT2D eigenvalue weighted by atomic mass is 19.1. The third-order valence-electron chi connectivity index (χ3n) is 4.86. The lowest BCUT2D eigenvalue weighted by molar-refractivity contribution is 0.185. The molecule has 6 heteroatoms. The zero-order chi connectivity index (χ0) is 18.8. The molecule has 0 unspecified atom stereocenters. The average molecular weight is 365 g/mol. The van der Waals surface area contributed by atoms with Gasteiger partial charge in [0, 0.05) is 30.8 Å². The summed E-state index contributed by atoms with van der Waals surface area (Å²) in [6, 6.07) is 15.9. The van der Waals surface area contributed by atoms with Gasteiger partial charge in [-0.3, -0.25) is 9.69 Å². The van der Waals surface area contributed by atoms with Gasteiger partial charge in [-0.05, 0) is 35.7 Å². The molecule has 2 aromatic carbocycles. The Morgan fingerprint density at radius 1 is 1.11 bits per heavy atom. The topological polar surface area (TPSA) is 47.4 Å². The zero-order valence-electron chi connectivity index (χ0n) is 15.1. The molecule has 0 aliphatic carbocycles. The van der Waals surface area contributed by atoms with Crippen LogP contribution in [0, 0.1) is 5.82 Å². The maximum atomic E-state index is 14.4. The number of halogens is 1. The average Bonchev–Trinajstić information content (AvgIpc) is 2.69. The Kier molecular flexibility index (Phi) is 4.73. The lowest BCUT2D eigenvalue weighted by Gasteiger charge is -2.28. The van der Waals surface area contributed by atoms with Crippen LogP contribution in [-0.2, 0) is 19.6 Å². The van der Waals surface area contributed by atoms with E-state index in [-0.39, 0.29) is 5.56 Å². The number of aromatic nitrogens is 2. The van der Waals surface area contributed by atoms with Crippen molar-refractivity contribution in [2.24, 2.45) is 0 Å². The third-order valence-corrected chi connectivity index (χ3v) is 4.86. The van der Waals surface area contributed by atoms with E-state index in [0.29, 0.717) is 23.7 Å². The van der Waals surface area contributed by atoms with Gasteiger partial charge in [0.15, 0.2) is 0 Å². The van der Waals surface area contributed by atoms with Crippen molar-refractivity contribution in [3.8, 4) is 17.0 Å². The van der Waals surface area contributed by atoms with Crippen molar-refractivity contribution in [2.75, 3.05) is 13.7 Å². The van der Waals surface area contributed by atoms with Gasteiger partial charge in [0.2, 0.25) is 0 Å². The minimum absolute atomic E-state index is 0.202. The summed E-state index contributed by atoms with van der Waals surface area (Å²) in [5, 5.41) is 4.39. The van der Waals surface area contributed by atoms with Gasteiger partial charge in [-0.15, -0.1) is 0 Å². The van der Waals surface area contributed by atoms with Crippen molar-refractivity contribution in [1.29, 1.82) is 0 Å². The summed E-state index contributed by atoms with van der Waals surface area (Å²) in [6.07, 6.45) is 0.942. The van der Waals surface area contributed by atoms with Crippen LogP contribution in [0.1, 0.15) is 11.1 Å². The highest BCUT2D eigenvalue weighted by Crippen LogP contribution is 2.24. The Hall–Kier alpha value is -2.99. The maximum absolute atomic E-state index is 14.4. The van der Waals surface area contributed by atoms with Crippen molar-refractivity contribution in [3.63, 3.8) is 0 Å². The molecule has 5 nitrogen and oxygen atoms in total. The Bertz CT molecular complexity index is 1030. The van der Waals surface area contributed by atoms with Crippen LogP contribution in [0.25, 0.3) is 11.3 Å². The molecule has 1 aliphatic rings. The first kappa shape index (κ1) is 17.4. The first-order chi connectivity index (χ1) is 13.1. The Morgan fingerprint density at radius 3 is 2.70 bits per heavy atom. The van der Waals surface area contributed by atoms with Gasteiger partial charge in [-0.2, -0.15) is 5.10 Å². The minimum atomic E-state index is -0.432. The number of hydrogen-bond donors (Lipinski definition) is 0. The first-order valence-corrected chi connectivity index (χ1v) is 8.85. The number of hydrogen-bond acceptors (Lipinski definition) is 4. The monoisotopic (exact) mass is 365 g/mol. The van der Waals surface area contributed by atoms with Gasteiger partial charge in [0.1, 0.15) is 11.6 Å². The van der Waals surface area contributed by atoms with Crippen LogP contribution in [0.3, 0.4) is 0 Å². The van der Waals surface area contributed by atoms with Gasteiger partial charge in [-0.1, -0.05) is 24.3 Å². The van der Waals surface area contributed by atoms with Gasteiger partial charge in [-0.25, -0.2) is 9.07 Å². The van der Waals surface area contributed by atoms with E-state index in [4.69, 9.17) is 4.74 Å². The van der Waals surface area contributed by atoms with Crippen molar-refractivity contribution >= 4 is 0 Å². The molecular formula is C21H20FN3O2. The molecule has 0 spiro atoms. The maximum Gasteiger partial charge on any atom is 0.268 e. The minimum Gasteiger partial charge on any atom is -0.497 e. The predicted octanol–water partition coefficient (Wildman–Crippen LogP) is 3.07. The third kappa shape index (κ3) is 3.61. The van der Waals surface area contributed by atoms with E-state index in [0.717, 1.165) is 19.5 Å². The smallest absolute Gasteiger partial charge is 0.268 e. The molecule has 0 radical (unpaired) electrons. The summed E-state index contributed by atoms with van der Waals surface area (Å²) >= 11 is 0. The molecule has 3 aromatic rings. The van der Waals surface area contributed by atoms with Gasteiger partial charge in [0.25, 0.3) is 5.56 Å². The van der Waals surface area contributed by atoms with E-state index in [1.54, 1.807) is 18.2 Å². The largest absolute Gasteiger partial charge is 0.497 e. The molecule has 138 valence electrons. The molecular weight excluding hydrogens is 345 g/mol. The summed E-state index contributed by atoms with van der Waals surface area (Å²) in [4.78, 5) is 14.4. The fourth-order valence-electron chi connectivity index (χ4n) is 3.39. The Labute approximate surface area is 156 Å². The quantitative estimate of drug-likeness (QED) is 0.713. The van der Waals surface area contributed by atoms with Crippen molar-refractivity contribution in [3.05, 3.63) is 81.9 Å². The highest BCUT2D eigenvalue weighted by molar-refractivity contribution is 5.60. The second-order valence-corrected chi connectivity index (χ2v) is 6.61. The van der Waals surface area contributed by atoms with E-state index < -0.39 is 5.82 Å². The summed E-state index contributed by atoms with van der Waals surface area (Å²) < 4.78 is 20.8. The normalized spacial score (nSPS) is 14.0. The molecule has 0 saturated carbocycles. The highest BCUT2D eigenvalue weighted by Gasteiger charge is 2.17. The number of methoxy groups -OCH3 is 1. The lowest BCUT2D eigenvalue weighted by atomic mass is 10.0. The van der Waals surface area contributed by atoms with E-state index in [1.807, 2.05) is 12.1 Å². The second kappa shape index (κ2) is 7.32. The molecule has 1 aliphatic heterocycles. The molecule has 4 rings (SSSR count). The van der Waals surface area contributed by atoms with Crippen LogP contribution in [0.4, 0.5) is 4.39 Å². The standard InChI is InChI=1S/C21H20FN3O2/c1-27-17-6-7-18(19(22)12-17)20-8-9-21(26)25(23-20)14-24-11-10-15-4-2-3-5-16(15)13-24/h2-9,12H,10-11,13-14H2,1H3. The fraction of sp³-hybridized carbons (Fsp3) is 0.238. The van der Waals surface area contributed by atoms with Gasteiger partial charge >= 0.3 is 0 Å². The van der Waals surface area contributed by atoms with Crippen LogP contribution in [0.5, 0.6) is 5.75 Å². The summed E-state index contributed by atoms with van der Waals surface area (Å²) in [5.74, 6) is 0.00972. The molecule has 27 heavy (non-hydrogen) atoms. The Morgan fingerprint density at radius 2 is 1.93 bits per heavy atom. The van der Waals surface area contributed by atoms with Crippen LogP contribution in [0.2, 0.25) is 0 Å². The van der Waals surface area contributed by atoms with Crippen LogP contribution in [0.15, 0.2) is 59.4 Å². The van der Waals surface area contributed by atoms with Crippen molar-refractivity contribution in [1.82, 2.24) is 14.7 Å². The Balaban J connectivity index is 1.59. The molecule has 2 heterocycles. The van der Waals surface area contributed by atoms with E-state index in [1.165, 1.54) is 35.1 Å². The molecule has 1 aromatic heterocycles. The molecule has 0 fully saturated rings. The zero-order valence-corrected chi connectivity index (χ0v) is 15.1. The SMILES string of the molecule is COc1ccc(-c2ccc(=O)n(CN3CCc4ccccc4C3)n2)c(F)c1. The van der Waals surface area contributed by atoms with Crippen LogP contribution >= 0.6 is 0 Å². The molecule has 0 amide bonds. The molecule has 0 saturated heterocycles. The van der Waals surface area contributed by atoms with Crippen LogP contribution < -0.4 is 10.3 Å². The van der Waals surface area contributed by atoms with E-state index >= 15 is 0 Å². The van der Waals surface area contributed by atoms with Crippen molar-refractivity contribution in [2.45, 2.75) is 19.6 Å². The number of fused-ring (bicyclic) bond motifs is 1. The van der Waals surface area contributed by atoms with E-state index in [2.05, 4.69) is 22.1 Å². The number of benzene rings is 2. The van der Waals surface area contributed by atoms with Crippen LogP contribution in [-0.4, -0.2) is 28.3 Å². The van der Waals surface area contributed by atoms with Gasteiger partial charge < -0.3 is 4.74 Å².